The summed E-state index contributed by atoms with van der Waals surface area (Å²) in [4.78, 5) is 15.1. The standard InChI is InChI=1S/C26H30N2O3/c29-23-10-18-14-28(26(30)25-21-12-27-13-22(21)25)15-19(18)11-24(23)31-20-8-4-7-17(9-20)16-5-2-1-3-6-16/h1-9,18-19,21-25,27,29H,10-15H2/t18-,19+,21-,22+,23+,24+,25?/m0/s1. The zero-order valence-corrected chi connectivity index (χ0v) is 17.7. The Morgan fingerprint density at radius 1 is 0.935 bits per heavy atom. The Balaban J connectivity index is 1.11. The molecule has 2 aromatic carbocycles. The van der Waals surface area contributed by atoms with Crippen LogP contribution < -0.4 is 10.1 Å². The molecule has 2 saturated heterocycles. The molecule has 4 fully saturated rings. The van der Waals surface area contributed by atoms with Gasteiger partial charge in [-0.05, 0) is 72.9 Å². The number of fused-ring (bicyclic) bond motifs is 2. The Kier molecular flexibility index (Phi) is 4.77. The number of nitrogens with one attached hydrogen (secondary N) is 1. The average Bonchev–Trinajstić information content (AvgIpc) is 3.11. The third-order valence-electron chi connectivity index (χ3n) is 8.00. The highest BCUT2D eigenvalue weighted by Crippen LogP contribution is 2.50. The van der Waals surface area contributed by atoms with E-state index in [1.165, 1.54) is 0 Å². The van der Waals surface area contributed by atoms with Crippen molar-refractivity contribution in [2.45, 2.75) is 25.0 Å². The van der Waals surface area contributed by atoms with E-state index in [1.807, 2.05) is 30.3 Å². The number of hydrogen-bond acceptors (Lipinski definition) is 4. The van der Waals surface area contributed by atoms with Crippen molar-refractivity contribution in [1.29, 1.82) is 0 Å². The molecule has 162 valence electrons. The number of likely N-dealkylation sites (tertiary alicyclic amines) is 1. The predicted octanol–water partition coefficient (Wildman–Crippen LogP) is 2.80. The molecule has 31 heavy (non-hydrogen) atoms. The minimum Gasteiger partial charge on any atom is -0.488 e. The minimum absolute atomic E-state index is 0.216. The fraction of sp³-hybridized carbons (Fsp3) is 0.500. The van der Waals surface area contributed by atoms with Gasteiger partial charge in [-0.1, -0.05) is 42.5 Å². The molecule has 0 spiro atoms. The van der Waals surface area contributed by atoms with E-state index in [9.17, 15) is 9.90 Å². The Morgan fingerprint density at radius 3 is 2.42 bits per heavy atom. The highest BCUT2D eigenvalue weighted by Gasteiger charge is 2.59. The number of benzene rings is 2. The summed E-state index contributed by atoms with van der Waals surface area (Å²) in [6, 6.07) is 18.4. The SMILES string of the molecule is O=C(C1[C@H]2CNC[C@@H]12)N1C[C@H]2C[C@@H](Oc3cccc(-c4ccccc4)c3)[C@H](O)C[C@H]2C1. The van der Waals surface area contributed by atoms with Gasteiger partial charge in [-0.15, -0.1) is 0 Å². The van der Waals surface area contributed by atoms with E-state index in [1.54, 1.807) is 0 Å². The van der Waals surface area contributed by atoms with Crippen molar-refractivity contribution in [2.24, 2.45) is 29.6 Å². The van der Waals surface area contributed by atoms with Crippen LogP contribution in [0.15, 0.2) is 54.6 Å². The van der Waals surface area contributed by atoms with Gasteiger partial charge in [0, 0.05) is 19.0 Å². The van der Waals surface area contributed by atoms with Crippen LogP contribution in [0.5, 0.6) is 5.75 Å². The molecule has 2 saturated carbocycles. The Morgan fingerprint density at radius 2 is 1.65 bits per heavy atom. The zero-order valence-electron chi connectivity index (χ0n) is 17.7. The normalized spacial score (nSPS) is 36.0. The second-order valence-corrected chi connectivity index (χ2v) is 9.86. The van der Waals surface area contributed by atoms with Gasteiger partial charge < -0.3 is 20.1 Å². The number of nitrogens with zero attached hydrogens (tertiary/aromatic N) is 1. The van der Waals surface area contributed by atoms with Gasteiger partial charge in [0.15, 0.2) is 0 Å². The fourth-order valence-corrected chi connectivity index (χ4v) is 6.25. The first-order valence-corrected chi connectivity index (χ1v) is 11.7. The lowest BCUT2D eigenvalue weighted by Crippen LogP contribution is -2.42. The van der Waals surface area contributed by atoms with Gasteiger partial charge in [0.05, 0.1) is 6.10 Å². The van der Waals surface area contributed by atoms with Gasteiger partial charge in [-0.3, -0.25) is 4.79 Å². The second-order valence-electron chi connectivity index (χ2n) is 9.86. The summed E-state index contributed by atoms with van der Waals surface area (Å²) in [6.45, 7) is 3.63. The van der Waals surface area contributed by atoms with Crippen molar-refractivity contribution >= 4 is 5.91 Å². The lowest BCUT2D eigenvalue weighted by atomic mass is 9.78. The summed E-state index contributed by atoms with van der Waals surface area (Å²) >= 11 is 0. The fourth-order valence-electron chi connectivity index (χ4n) is 6.25. The zero-order chi connectivity index (χ0) is 20.9. The molecular formula is C26H30N2O3. The smallest absolute Gasteiger partial charge is 0.226 e. The van der Waals surface area contributed by atoms with Crippen molar-refractivity contribution in [3.63, 3.8) is 0 Å². The molecule has 1 amide bonds. The third-order valence-corrected chi connectivity index (χ3v) is 8.00. The largest absolute Gasteiger partial charge is 0.488 e. The number of hydrogen-bond donors (Lipinski definition) is 2. The van der Waals surface area contributed by atoms with Crippen LogP contribution in [0.2, 0.25) is 0 Å². The van der Waals surface area contributed by atoms with Crippen molar-refractivity contribution in [2.75, 3.05) is 26.2 Å². The van der Waals surface area contributed by atoms with Crippen molar-refractivity contribution < 1.29 is 14.6 Å². The lowest BCUT2D eigenvalue weighted by molar-refractivity contribution is -0.132. The first kappa shape index (κ1) is 19.3. The summed E-state index contributed by atoms with van der Waals surface area (Å²) in [5, 5.41) is 14.2. The Labute approximate surface area is 183 Å². The quantitative estimate of drug-likeness (QED) is 0.802. The lowest BCUT2D eigenvalue weighted by Gasteiger charge is -2.35. The van der Waals surface area contributed by atoms with Gasteiger partial charge in [-0.2, -0.15) is 0 Å². The summed E-state index contributed by atoms with van der Waals surface area (Å²) in [5.74, 6) is 3.35. The first-order valence-electron chi connectivity index (χ1n) is 11.7. The predicted molar refractivity (Wildman–Crippen MR) is 118 cm³/mol. The molecule has 0 aromatic heterocycles. The second kappa shape index (κ2) is 7.64. The maximum absolute atomic E-state index is 13.0. The number of piperidine rings is 1. The van der Waals surface area contributed by atoms with Gasteiger partial charge in [0.25, 0.3) is 0 Å². The van der Waals surface area contributed by atoms with Crippen LogP contribution in [0.4, 0.5) is 0 Å². The number of ether oxygens (including phenoxy) is 1. The summed E-state index contributed by atoms with van der Waals surface area (Å²) in [5.41, 5.74) is 2.27. The Bertz CT molecular complexity index is 954. The Hall–Kier alpha value is -2.37. The maximum atomic E-state index is 13.0. The number of aliphatic hydroxyl groups is 1. The third kappa shape index (κ3) is 3.54. The molecule has 2 heterocycles. The highest BCUT2D eigenvalue weighted by atomic mass is 16.5. The maximum Gasteiger partial charge on any atom is 0.226 e. The molecule has 2 aromatic rings. The molecule has 4 aliphatic rings. The van der Waals surface area contributed by atoms with Crippen molar-refractivity contribution in [1.82, 2.24) is 10.2 Å². The molecule has 5 heteroatoms. The molecule has 2 aliphatic heterocycles. The van der Waals surface area contributed by atoms with E-state index in [-0.39, 0.29) is 12.0 Å². The van der Waals surface area contributed by atoms with Crippen LogP contribution in [0.1, 0.15) is 12.8 Å². The van der Waals surface area contributed by atoms with Crippen LogP contribution >= 0.6 is 0 Å². The van der Waals surface area contributed by atoms with Crippen LogP contribution in [0.3, 0.4) is 0 Å². The van der Waals surface area contributed by atoms with Gasteiger partial charge in [-0.25, -0.2) is 0 Å². The van der Waals surface area contributed by atoms with E-state index in [2.05, 4.69) is 34.5 Å². The van der Waals surface area contributed by atoms with Crippen LogP contribution in [0.25, 0.3) is 11.1 Å². The van der Waals surface area contributed by atoms with E-state index >= 15 is 0 Å². The highest BCUT2D eigenvalue weighted by molar-refractivity contribution is 5.83. The van der Waals surface area contributed by atoms with E-state index < -0.39 is 6.10 Å². The number of aliphatic hydroxyl groups excluding tert-OH is 1. The van der Waals surface area contributed by atoms with Crippen LogP contribution in [-0.4, -0.2) is 54.3 Å². The van der Waals surface area contributed by atoms with Crippen molar-refractivity contribution in [3.8, 4) is 16.9 Å². The molecule has 2 aliphatic carbocycles. The monoisotopic (exact) mass is 418 g/mol. The summed E-state index contributed by atoms with van der Waals surface area (Å²) in [6.07, 6.45) is 0.828. The van der Waals surface area contributed by atoms with Gasteiger partial charge in [0.2, 0.25) is 5.91 Å². The summed E-state index contributed by atoms with van der Waals surface area (Å²) in [7, 11) is 0. The molecule has 0 radical (unpaired) electrons. The number of amides is 1. The molecule has 2 N–H and O–H groups in total. The summed E-state index contributed by atoms with van der Waals surface area (Å²) < 4.78 is 6.29. The van der Waals surface area contributed by atoms with Crippen molar-refractivity contribution in [3.05, 3.63) is 54.6 Å². The molecule has 0 bridgehead atoms. The minimum atomic E-state index is -0.485. The van der Waals surface area contributed by atoms with Crippen LogP contribution in [0, 0.1) is 29.6 Å². The molecule has 5 nitrogen and oxygen atoms in total. The van der Waals surface area contributed by atoms with Gasteiger partial charge >= 0.3 is 0 Å². The molecule has 6 rings (SSSR count). The number of rotatable bonds is 4. The number of carbonyl (C=O) groups excluding carboxylic acids is 1. The number of carbonyl (C=O) groups is 1. The van der Waals surface area contributed by atoms with Gasteiger partial charge in [0.1, 0.15) is 11.9 Å². The van der Waals surface area contributed by atoms with E-state index in [4.69, 9.17) is 4.74 Å². The molecule has 7 atom stereocenters. The van der Waals surface area contributed by atoms with E-state index in [0.717, 1.165) is 55.9 Å². The average molecular weight is 419 g/mol. The molecular weight excluding hydrogens is 388 g/mol. The first-order chi connectivity index (χ1) is 15.2. The van der Waals surface area contributed by atoms with Crippen LogP contribution in [-0.2, 0) is 4.79 Å². The molecule has 1 unspecified atom stereocenters. The topological polar surface area (TPSA) is 61.8 Å². The van der Waals surface area contributed by atoms with E-state index in [0.29, 0.717) is 29.6 Å².